The van der Waals surface area contributed by atoms with E-state index in [2.05, 4.69) is 16.0 Å². The van der Waals surface area contributed by atoms with Crippen LogP contribution in [0.4, 0.5) is 5.95 Å². The lowest BCUT2D eigenvalue weighted by Gasteiger charge is -2.31. The van der Waals surface area contributed by atoms with Crippen molar-refractivity contribution in [3.8, 4) is 5.75 Å². The molecule has 1 saturated heterocycles. The smallest absolute Gasteiger partial charge is 0.332 e. The summed E-state index contributed by atoms with van der Waals surface area (Å²) in [6, 6.07) is 7.59. The first-order chi connectivity index (χ1) is 17.8. The molecule has 4 aromatic rings. The Morgan fingerprint density at radius 3 is 2.76 bits per heavy atom. The van der Waals surface area contributed by atoms with Gasteiger partial charge in [0.2, 0.25) is 5.95 Å². The molecule has 1 atom stereocenters. The predicted octanol–water partition coefficient (Wildman–Crippen LogP) is 2.40. The third kappa shape index (κ3) is 4.53. The highest BCUT2D eigenvalue weighted by atomic mass is 16.5. The molecular weight excluding hydrogens is 470 g/mol. The van der Waals surface area contributed by atoms with Crippen LogP contribution in [-0.4, -0.2) is 49.9 Å². The van der Waals surface area contributed by atoms with E-state index in [1.807, 2.05) is 42.7 Å². The number of allylic oxidation sites excluding steroid dienone is 2. The minimum absolute atomic E-state index is 0.0435. The largest absolute Gasteiger partial charge is 0.497 e. The molecular formula is C27H33N7O3. The Morgan fingerprint density at radius 1 is 1.22 bits per heavy atom. The first kappa shape index (κ1) is 24.8. The molecule has 0 radical (unpaired) electrons. The van der Waals surface area contributed by atoms with Crippen molar-refractivity contribution in [1.82, 2.24) is 23.7 Å². The monoisotopic (exact) mass is 503 g/mol. The highest BCUT2D eigenvalue weighted by Crippen LogP contribution is 2.25. The van der Waals surface area contributed by atoms with Gasteiger partial charge in [0.05, 0.1) is 19.3 Å². The maximum atomic E-state index is 13.9. The van der Waals surface area contributed by atoms with Crippen LogP contribution in [0.5, 0.6) is 5.75 Å². The van der Waals surface area contributed by atoms with Crippen LogP contribution in [0.2, 0.25) is 0 Å². The maximum absolute atomic E-state index is 13.9. The van der Waals surface area contributed by atoms with Crippen molar-refractivity contribution in [2.75, 3.05) is 25.1 Å². The molecule has 1 aliphatic rings. The summed E-state index contributed by atoms with van der Waals surface area (Å²) >= 11 is 0. The second-order valence-electron chi connectivity index (χ2n) is 9.90. The first-order valence-electron chi connectivity index (χ1n) is 12.5. The van der Waals surface area contributed by atoms with Crippen molar-refractivity contribution in [3.05, 3.63) is 68.6 Å². The predicted molar refractivity (Wildman–Crippen MR) is 145 cm³/mol. The van der Waals surface area contributed by atoms with Crippen LogP contribution in [0.1, 0.15) is 32.4 Å². The Morgan fingerprint density at radius 2 is 2.03 bits per heavy atom. The number of rotatable bonds is 6. The lowest BCUT2D eigenvalue weighted by Crippen LogP contribution is -2.44. The number of benzene rings is 1. The minimum Gasteiger partial charge on any atom is -0.497 e. The number of anilines is 1. The quantitative estimate of drug-likeness (QED) is 0.402. The second kappa shape index (κ2) is 9.85. The topological polar surface area (TPSA) is 113 Å². The SMILES string of the molecule is COc1ccc2c(Cn3c(=O)c4c(nc(N5CCCC(N)C5)n4CC=C(C)C)n(C)c3=O)nccc2c1. The van der Waals surface area contributed by atoms with Crippen LogP contribution in [0, 0.1) is 0 Å². The zero-order chi connectivity index (χ0) is 26.3. The number of nitrogens with zero attached hydrogens (tertiary/aromatic N) is 6. The summed E-state index contributed by atoms with van der Waals surface area (Å²) in [5.41, 5.74) is 7.98. The summed E-state index contributed by atoms with van der Waals surface area (Å²) in [6.45, 7) is 6.01. The zero-order valence-electron chi connectivity index (χ0n) is 21.8. The van der Waals surface area contributed by atoms with E-state index in [0.717, 1.165) is 41.5 Å². The van der Waals surface area contributed by atoms with Crippen molar-refractivity contribution in [3.63, 3.8) is 0 Å². The number of nitrogens with two attached hydrogens (primary N) is 1. The number of ether oxygens (including phenoxy) is 1. The first-order valence-corrected chi connectivity index (χ1v) is 12.5. The maximum Gasteiger partial charge on any atom is 0.332 e. The van der Waals surface area contributed by atoms with E-state index in [9.17, 15) is 9.59 Å². The standard InChI is InChI=1S/C27H33N7O3/c1-17(2)10-13-33-23-24(30-26(33)32-12-5-6-19(28)15-32)31(3)27(36)34(25(23)35)16-22-21-8-7-20(37-4)14-18(21)9-11-29-22/h7-11,14,19H,5-6,12-13,15-16,28H2,1-4H3. The van der Waals surface area contributed by atoms with E-state index in [0.29, 0.717) is 35.9 Å². The van der Waals surface area contributed by atoms with Gasteiger partial charge in [-0.05, 0) is 56.3 Å². The van der Waals surface area contributed by atoms with Gasteiger partial charge in [0.1, 0.15) is 5.75 Å². The van der Waals surface area contributed by atoms with Gasteiger partial charge in [0.15, 0.2) is 11.2 Å². The number of hydrogen-bond acceptors (Lipinski definition) is 7. The average molecular weight is 504 g/mol. The molecule has 2 N–H and O–H groups in total. The molecule has 37 heavy (non-hydrogen) atoms. The van der Waals surface area contributed by atoms with Crippen molar-refractivity contribution in [2.24, 2.45) is 12.8 Å². The normalized spacial score (nSPS) is 15.9. The second-order valence-corrected chi connectivity index (χ2v) is 9.90. The Kier molecular flexibility index (Phi) is 6.59. The molecule has 0 spiro atoms. The number of aromatic nitrogens is 5. The van der Waals surface area contributed by atoms with Gasteiger partial charge in [0, 0.05) is 44.3 Å². The summed E-state index contributed by atoms with van der Waals surface area (Å²) in [4.78, 5) is 38.8. The summed E-state index contributed by atoms with van der Waals surface area (Å²) in [7, 11) is 3.28. The van der Waals surface area contributed by atoms with Crippen LogP contribution in [-0.2, 0) is 20.1 Å². The number of imidazole rings is 1. The number of methoxy groups -OCH3 is 1. The summed E-state index contributed by atoms with van der Waals surface area (Å²) < 4.78 is 9.96. The van der Waals surface area contributed by atoms with Crippen molar-refractivity contribution >= 4 is 27.9 Å². The van der Waals surface area contributed by atoms with E-state index in [1.165, 1.54) is 9.13 Å². The third-order valence-electron chi connectivity index (χ3n) is 7.00. The van der Waals surface area contributed by atoms with E-state index in [4.69, 9.17) is 15.5 Å². The van der Waals surface area contributed by atoms with Gasteiger partial charge in [-0.1, -0.05) is 11.6 Å². The molecule has 1 unspecified atom stereocenters. The van der Waals surface area contributed by atoms with Gasteiger partial charge in [-0.3, -0.25) is 18.9 Å². The molecule has 5 rings (SSSR count). The molecule has 0 aliphatic carbocycles. The van der Waals surface area contributed by atoms with Crippen LogP contribution < -0.4 is 26.6 Å². The molecule has 1 aliphatic heterocycles. The molecule has 0 saturated carbocycles. The fraction of sp³-hybridized carbons (Fsp3) is 0.407. The van der Waals surface area contributed by atoms with Gasteiger partial charge in [-0.25, -0.2) is 4.79 Å². The lowest BCUT2D eigenvalue weighted by atomic mass is 10.1. The van der Waals surface area contributed by atoms with E-state index in [1.54, 1.807) is 20.4 Å². The number of pyridine rings is 1. The molecule has 0 amide bonds. The summed E-state index contributed by atoms with van der Waals surface area (Å²) in [5.74, 6) is 1.40. The lowest BCUT2D eigenvalue weighted by molar-refractivity contribution is 0.415. The Hall–Kier alpha value is -3.92. The van der Waals surface area contributed by atoms with Gasteiger partial charge < -0.3 is 19.9 Å². The number of hydrogen-bond donors (Lipinski definition) is 1. The Balaban J connectivity index is 1.70. The number of piperidine rings is 1. The molecule has 1 fully saturated rings. The van der Waals surface area contributed by atoms with Crippen LogP contribution in [0.15, 0.2) is 51.7 Å². The fourth-order valence-corrected chi connectivity index (χ4v) is 5.00. The van der Waals surface area contributed by atoms with E-state index in [-0.39, 0.29) is 18.1 Å². The number of fused-ring (bicyclic) bond motifs is 2. The van der Waals surface area contributed by atoms with E-state index >= 15 is 0 Å². The van der Waals surface area contributed by atoms with E-state index < -0.39 is 5.69 Å². The molecule has 10 heteroatoms. The average Bonchev–Trinajstić information content (AvgIpc) is 3.28. The highest BCUT2D eigenvalue weighted by Gasteiger charge is 2.26. The van der Waals surface area contributed by atoms with Crippen molar-refractivity contribution in [2.45, 2.75) is 45.8 Å². The van der Waals surface area contributed by atoms with Crippen molar-refractivity contribution < 1.29 is 4.74 Å². The van der Waals surface area contributed by atoms with Gasteiger partial charge in [-0.15, -0.1) is 0 Å². The Bertz CT molecular complexity index is 1630. The van der Waals surface area contributed by atoms with Crippen LogP contribution >= 0.6 is 0 Å². The molecule has 194 valence electrons. The molecule has 3 aromatic heterocycles. The third-order valence-corrected chi connectivity index (χ3v) is 7.00. The Labute approximate surface area is 214 Å². The van der Waals surface area contributed by atoms with Crippen LogP contribution in [0.3, 0.4) is 0 Å². The van der Waals surface area contributed by atoms with Gasteiger partial charge in [0.25, 0.3) is 5.56 Å². The molecule has 4 heterocycles. The fourth-order valence-electron chi connectivity index (χ4n) is 5.00. The summed E-state index contributed by atoms with van der Waals surface area (Å²) in [5, 5.41) is 1.78. The highest BCUT2D eigenvalue weighted by molar-refractivity contribution is 5.85. The molecule has 1 aromatic carbocycles. The molecule has 10 nitrogen and oxygen atoms in total. The van der Waals surface area contributed by atoms with Crippen LogP contribution in [0.25, 0.3) is 21.9 Å². The number of aryl methyl sites for hydroxylation is 1. The minimum atomic E-state index is -0.432. The van der Waals surface area contributed by atoms with Crippen molar-refractivity contribution in [1.29, 1.82) is 0 Å². The van der Waals surface area contributed by atoms with Gasteiger partial charge >= 0.3 is 5.69 Å². The zero-order valence-corrected chi connectivity index (χ0v) is 21.8. The van der Waals surface area contributed by atoms with Gasteiger partial charge in [-0.2, -0.15) is 4.98 Å². The molecule has 0 bridgehead atoms. The summed E-state index contributed by atoms with van der Waals surface area (Å²) in [6.07, 6.45) is 5.65.